The third kappa shape index (κ3) is 6.00. The fourth-order valence-corrected chi connectivity index (χ4v) is 2.05. The van der Waals surface area contributed by atoms with Crippen molar-refractivity contribution >= 4 is 23.3 Å². The summed E-state index contributed by atoms with van der Waals surface area (Å²) in [5, 5.41) is 8.09. The Bertz CT molecular complexity index is 699. The van der Waals surface area contributed by atoms with Crippen molar-refractivity contribution < 1.29 is 14.3 Å². The van der Waals surface area contributed by atoms with Crippen molar-refractivity contribution in [2.45, 2.75) is 13.8 Å². The fraction of sp³-hybridized carbons (Fsp3) is 0.222. The van der Waals surface area contributed by atoms with Crippen molar-refractivity contribution in [2.24, 2.45) is 0 Å². The number of hydrogen-bond acceptors (Lipinski definition) is 3. The predicted molar refractivity (Wildman–Crippen MR) is 94.4 cm³/mol. The maximum atomic E-state index is 11.8. The maximum Gasteiger partial charge on any atom is 0.319 e. The van der Waals surface area contributed by atoms with Gasteiger partial charge in [0.05, 0.1) is 6.54 Å². The Morgan fingerprint density at radius 2 is 1.67 bits per heavy atom. The summed E-state index contributed by atoms with van der Waals surface area (Å²) in [5.41, 5.74) is 2.45. The van der Waals surface area contributed by atoms with Gasteiger partial charge >= 0.3 is 6.03 Å². The molecule has 2 aromatic rings. The van der Waals surface area contributed by atoms with Crippen LogP contribution in [0, 0.1) is 6.92 Å². The first kappa shape index (κ1) is 17.3. The van der Waals surface area contributed by atoms with E-state index in [1.165, 1.54) is 6.92 Å². The quantitative estimate of drug-likeness (QED) is 0.713. The van der Waals surface area contributed by atoms with Gasteiger partial charge in [-0.05, 0) is 48.9 Å². The minimum atomic E-state index is -0.310. The number of carbonyl (C=O) groups excluding carboxylic acids is 2. The molecule has 2 aromatic carbocycles. The minimum absolute atomic E-state index is 0.137. The topological polar surface area (TPSA) is 79.5 Å². The standard InChI is InChI=1S/C18H21N3O3/c1-13-4-3-5-17(12-13)24-11-10-19-18(23)21-16-8-6-15(7-9-16)20-14(2)22/h3-9,12H,10-11H2,1-2H3,(H,20,22)(H2,19,21,23). The van der Waals surface area contributed by atoms with Crippen molar-refractivity contribution in [3.8, 4) is 5.75 Å². The minimum Gasteiger partial charge on any atom is -0.492 e. The number of anilines is 2. The molecule has 3 N–H and O–H groups in total. The molecule has 0 radical (unpaired) electrons. The summed E-state index contributed by atoms with van der Waals surface area (Å²) in [5.74, 6) is 0.646. The molecule has 0 fully saturated rings. The molecule has 0 spiro atoms. The highest BCUT2D eigenvalue weighted by Crippen LogP contribution is 2.13. The number of hydrogen-bond donors (Lipinski definition) is 3. The highest BCUT2D eigenvalue weighted by molar-refractivity contribution is 5.91. The first-order valence-corrected chi connectivity index (χ1v) is 7.65. The van der Waals surface area contributed by atoms with E-state index in [1.807, 2.05) is 31.2 Å². The molecular formula is C18H21N3O3. The van der Waals surface area contributed by atoms with E-state index in [2.05, 4.69) is 16.0 Å². The molecule has 0 aliphatic heterocycles. The van der Waals surface area contributed by atoms with Crippen molar-refractivity contribution in [3.05, 3.63) is 54.1 Å². The average Bonchev–Trinajstić information content (AvgIpc) is 2.53. The van der Waals surface area contributed by atoms with Gasteiger partial charge < -0.3 is 20.7 Å². The zero-order valence-electron chi connectivity index (χ0n) is 13.8. The largest absolute Gasteiger partial charge is 0.492 e. The van der Waals surface area contributed by atoms with Crippen LogP contribution < -0.4 is 20.7 Å². The number of aryl methyl sites for hydroxylation is 1. The summed E-state index contributed by atoms with van der Waals surface area (Å²) in [4.78, 5) is 22.7. The van der Waals surface area contributed by atoms with Crippen molar-refractivity contribution in [3.63, 3.8) is 0 Å². The summed E-state index contributed by atoms with van der Waals surface area (Å²) in [6.07, 6.45) is 0. The van der Waals surface area contributed by atoms with Gasteiger partial charge in [0.15, 0.2) is 0 Å². The molecule has 24 heavy (non-hydrogen) atoms. The summed E-state index contributed by atoms with van der Waals surface area (Å²) in [7, 11) is 0. The number of benzene rings is 2. The monoisotopic (exact) mass is 327 g/mol. The van der Waals surface area contributed by atoms with Crippen molar-refractivity contribution in [1.82, 2.24) is 5.32 Å². The van der Waals surface area contributed by atoms with E-state index in [1.54, 1.807) is 24.3 Å². The van der Waals surface area contributed by atoms with Crippen LogP contribution >= 0.6 is 0 Å². The van der Waals surface area contributed by atoms with Gasteiger partial charge in [0.1, 0.15) is 12.4 Å². The predicted octanol–water partition coefficient (Wildman–Crippen LogP) is 3.15. The molecule has 0 saturated heterocycles. The van der Waals surface area contributed by atoms with Gasteiger partial charge in [-0.15, -0.1) is 0 Å². The normalized spacial score (nSPS) is 9.92. The van der Waals surface area contributed by atoms with Gasteiger partial charge in [-0.25, -0.2) is 4.79 Å². The molecule has 0 aliphatic carbocycles. The molecule has 3 amide bonds. The summed E-state index contributed by atoms with van der Waals surface area (Å²) in [6, 6.07) is 14.3. The highest BCUT2D eigenvalue weighted by Gasteiger charge is 2.02. The number of urea groups is 1. The SMILES string of the molecule is CC(=O)Nc1ccc(NC(=O)NCCOc2cccc(C)c2)cc1. The van der Waals surface area contributed by atoms with Crippen LogP contribution in [0.5, 0.6) is 5.75 Å². The Kier molecular flexibility index (Phi) is 6.19. The first-order chi connectivity index (χ1) is 11.5. The van der Waals surface area contributed by atoms with Crippen LogP contribution in [0.15, 0.2) is 48.5 Å². The Morgan fingerprint density at radius 3 is 2.29 bits per heavy atom. The number of ether oxygens (including phenoxy) is 1. The second-order valence-electron chi connectivity index (χ2n) is 5.30. The number of carbonyl (C=O) groups is 2. The van der Waals surface area contributed by atoms with Gasteiger partial charge in [0.2, 0.25) is 5.91 Å². The maximum absolute atomic E-state index is 11.8. The lowest BCUT2D eigenvalue weighted by Crippen LogP contribution is -2.32. The first-order valence-electron chi connectivity index (χ1n) is 7.65. The van der Waals surface area contributed by atoms with E-state index in [9.17, 15) is 9.59 Å². The molecule has 0 bridgehead atoms. The number of rotatable bonds is 6. The summed E-state index contributed by atoms with van der Waals surface area (Å²) in [6.45, 7) is 4.22. The third-order valence-electron chi connectivity index (χ3n) is 3.11. The van der Waals surface area contributed by atoms with E-state index in [0.29, 0.717) is 24.5 Å². The van der Waals surface area contributed by atoms with E-state index >= 15 is 0 Å². The van der Waals surface area contributed by atoms with Gasteiger partial charge in [0, 0.05) is 18.3 Å². The van der Waals surface area contributed by atoms with Crippen LogP contribution in [0.3, 0.4) is 0 Å². The lowest BCUT2D eigenvalue weighted by molar-refractivity contribution is -0.114. The molecule has 0 atom stereocenters. The lowest BCUT2D eigenvalue weighted by Gasteiger charge is -2.10. The number of amides is 3. The molecule has 0 heterocycles. The zero-order chi connectivity index (χ0) is 17.4. The van der Waals surface area contributed by atoms with Gasteiger partial charge in [0.25, 0.3) is 0 Å². The second-order valence-corrected chi connectivity index (χ2v) is 5.30. The molecular weight excluding hydrogens is 306 g/mol. The Morgan fingerprint density at radius 1 is 1.00 bits per heavy atom. The van der Waals surface area contributed by atoms with Gasteiger partial charge in [-0.1, -0.05) is 12.1 Å². The highest BCUT2D eigenvalue weighted by atomic mass is 16.5. The molecule has 0 aliphatic rings. The number of nitrogens with one attached hydrogen (secondary N) is 3. The van der Waals surface area contributed by atoms with Crippen LogP contribution in [0.2, 0.25) is 0 Å². The molecule has 2 rings (SSSR count). The van der Waals surface area contributed by atoms with Crippen LogP contribution in [0.25, 0.3) is 0 Å². The van der Waals surface area contributed by atoms with E-state index in [0.717, 1.165) is 11.3 Å². The summed E-state index contributed by atoms with van der Waals surface area (Å²) >= 11 is 0. The van der Waals surface area contributed by atoms with Crippen LogP contribution in [-0.4, -0.2) is 25.1 Å². The molecule has 6 nitrogen and oxygen atoms in total. The molecule has 0 unspecified atom stereocenters. The second kappa shape index (κ2) is 8.57. The van der Waals surface area contributed by atoms with Crippen molar-refractivity contribution in [1.29, 1.82) is 0 Å². The average molecular weight is 327 g/mol. The van der Waals surface area contributed by atoms with E-state index in [4.69, 9.17) is 4.74 Å². The Hall–Kier alpha value is -3.02. The van der Waals surface area contributed by atoms with E-state index in [-0.39, 0.29) is 11.9 Å². The Balaban J connectivity index is 1.70. The Labute approximate surface area is 141 Å². The lowest BCUT2D eigenvalue weighted by atomic mass is 10.2. The van der Waals surface area contributed by atoms with Gasteiger partial charge in [-0.2, -0.15) is 0 Å². The molecule has 0 saturated carbocycles. The molecule has 0 aromatic heterocycles. The molecule has 126 valence electrons. The third-order valence-corrected chi connectivity index (χ3v) is 3.11. The van der Waals surface area contributed by atoms with Crippen molar-refractivity contribution in [2.75, 3.05) is 23.8 Å². The smallest absolute Gasteiger partial charge is 0.319 e. The fourth-order valence-electron chi connectivity index (χ4n) is 2.05. The van der Waals surface area contributed by atoms with Gasteiger partial charge in [-0.3, -0.25) is 4.79 Å². The van der Waals surface area contributed by atoms with Crippen LogP contribution in [0.1, 0.15) is 12.5 Å². The summed E-state index contributed by atoms with van der Waals surface area (Å²) < 4.78 is 5.56. The van der Waals surface area contributed by atoms with E-state index < -0.39 is 0 Å². The zero-order valence-corrected chi connectivity index (χ0v) is 13.8. The molecule has 6 heteroatoms. The van der Waals surface area contributed by atoms with Crippen LogP contribution in [-0.2, 0) is 4.79 Å². The van der Waals surface area contributed by atoms with Crippen LogP contribution in [0.4, 0.5) is 16.2 Å².